The van der Waals surface area contributed by atoms with Crippen molar-refractivity contribution in [2.75, 3.05) is 13.1 Å². The van der Waals surface area contributed by atoms with Gasteiger partial charge in [0.2, 0.25) is 0 Å². The molecule has 3 aromatic heterocycles. The molecule has 6 nitrogen and oxygen atoms in total. The predicted octanol–water partition coefficient (Wildman–Crippen LogP) is 2.49. The summed E-state index contributed by atoms with van der Waals surface area (Å²) in [5.74, 6) is -0.0463. The molecule has 1 aliphatic rings. The zero-order chi connectivity index (χ0) is 17.4. The Morgan fingerprint density at radius 2 is 2.36 bits per heavy atom. The molecule has 4 rings (SSSR count). The fraction of sp³-hybridized carbons (Fsp3) is 0.389. The first kappa shape index (κ1) is 16.2. The third-order valence-electron chi connectivity index (χ3n) is 4.62. The molecule has 7 heteroatoms. The second kappa shape index (κ2) is 6.57. The highest BCUT2D eigenvalue weighted by Gasteiger charge is 2.22. The van der Waals surface area contributed by atoms with E-state index in [2.05, 4.69) is 15.7 Å². The number of amides is 1. The van der Waals surface area contributed by atoms with E-state index in [-0.39, 0.29) is 11.9 Å². The number of aryl methyl sites for hydroxylation is 2. The minimum Gasteiger partial charge on any atom is -0.348 e. The average molecular weight is 355 g/mol. The minimum atomic E-state index is -0.0463. The molecule has 3 aromatic rings. The summed E-state index contributed by atoms with van der Waals surface area (Å²) in [4.78, 5) is 18.8. The van der Waals surface area contributed by atoms with E-state index in [1.165, 1.54) is 0 Å². The zero-order valence-corrected chi connectivity index (χ0v) is 15.2. The number of fused-ring (bicyclic) bond motifs is 1. The van der Waals surface area contributed by atoms with Crippen LogP contribution >= 0.6 is 11.3 Å². The molecule has 1 atom stereocenters. The summed E-state index contributed by atoms with van der Waals surface area (Å²) in [6.45, 7) is 3.77. The van der Waals surface area contributed by atoms with Gasteiger partial charge in [0.1, 0.15) is 0 Å². The van der Waals surface area contributed by atoms with Crippen molar-refractivity contribution >= 4 is 28.3 Å². The Hall–Kier alpha value is -2.25. The molecule has 1 saturated heterocycles. The average Bonchev–Trinajstić information content (AvgIpc) is 3.24. The highest BCUT2D eigenvalue weighted by molar-refractivity contribution is 7.13. The number of hydrogen-bond acceptors (Lipinski definition) is 5. The lowest BCUT2D eigenvalue weighted by molar-refractivity contribution is 0.0932. The molecule has 0 aromatic carbocycles. The second-order valence-corrected chi connectivity index (χ2v) is 7.40. The summed E-state index contributed by atoms with van der Waals surface area (Å²) in [5.41, 5.74) is 3.05. The lowest BCUT2D eigenvalue weighted by Gasteiger charge is -2.24. The van der Waals surface area contributed by atoms with Crippen LogP contribution in [0.2, 0.25) is 0 Å². The minimum absolute atomic E-state index is 0.0463. The summed E-state index contributed by atoms with van der Waals surface area (Å²) in [7, 11) is 1.87. The number of nitrogens with zero attached hydrogens (tertiary/aromatic N) is 3. The summed E-state index contributed by atoms with van der Waals surface area (Å²) in [5, 5.41) is 13.8. The smallest absolute Gasteiger partial charge is 0.252 e. The molecule has 0 bridgehead atoms. The molecule has 2 N–H and O–H groups in total. The number of piperidine rings is 1. The first-order valence-electron chi connectivity index (χ1n) is 8.53. The second-order valence-electron chi connectivity index (χ2n) is 6.46. The Labute approximate surface area is 150 Å². The molecule has 4 heterocycles. The summed E-state index contributed by atoms with van der Waals surface area (Å²) in [6.07, 6.45) is 2.10. The molecule has 0 spiro atoms. The van der Waals surface area contributed by atoms with Crippen molar-refractivity contribution < 1.29 is 4.79 Å². The molecule has 0 aliphatic carbocycles. The first-order valence-corrected chi connectivity index (χ1v) is 9.41. The Balaban J connectivity index is 1.79. The van der Waals surface area contributed by atoms with Gasteiger partial charge in [-0.05, 0) is 43.8 Å². The molecule has 1 amide bonds. The summed E-state index contributed by atoms with van der Waals surface area (Å²) < 4.78 is 1.75. The maximum Gasteiger partial charge on any atom is 0.252 e. The molecule has 130 valence electrons. The van der Waals surface area contributed by atoms with Crippen LogP contribution in [0.25, 0.3) is 21.6 Å². The van der Waals surface area contributed by atoms with Gasteiger partial charge >= 0.3 is 0 Å². The number of hydrogen-bond donors (Lipinski definition) is 2. The van der Waals surface area contributed by atoms with Crippen molar-refractivity contribution in [3.63, 3.8) is 0 Å². The quantitative estimate of drug-likeness (QED) is 0.757. The van der Waals surface area contributed by atoms with E-state index in [1.54, 1.807) is 16.0 Å². The van der Waals surface area contributed by atoms with Crippen LogP contribution in [0.5, 0.6) is 0 Å². The van der Waals surface area contributed by atoms with Crippen molar-refractivity contribution in [1.29, 1.82) is 0 Å². The maximum absolute atomic E-state index is 13.0. The molecular weight excluding hydrogens is 334 g/mol. The monoisotopic (exact) mass is 355 g/mol. The Bertz CT molecular complexity index is 909. The van der Waals surface area contributed by atoms with E-state index < -0.39 is 0 Å². The van der Waals surface area contributed by atoms with Crippen LogP contribution in [0.15, 0.2) is 23.6 Å². The number of carbonyl (C=O) groups excluding carboxylic acids is 1. The van der Waals surface area contributed by atoms with Gasteiger partial charge in [0.15, 0.2) is 5.65 Å². The third kappa shape index (κ3) is 3.05. The lowest BCUT2D eigenvalue weighted by atomic mass is 10.0. The highest BCUT2D eigenvalue weighted by atomic mass is 32.1. The normalized spacial score (nSPS) is 17.8. The number of thiophene rings is 1. The molecule has 0 radical (unpaired) electrons. The zero-order valence-electron chi connectivity index (χ0n) is 14.4. The van der Waals surface area contributed by atoms with Gasteiger partial charge in [-0.2, -0.15) is 5.10 Å². The van der Waals surface area contributed by atoms with E-state index in [1.807, 2.05) is 37.6 Å². The van der Waals surface area contributed by atoms with Crippen LogP contribution < -0.4 is 10.6 Å². The van der Waals surface area contributed by atoms with E-state index in [0.717, 1.165) is 53.2 Å². The SMILES string of the molecule is Cc1nn(C)c2nc(-c3cccs3)cc(C(=O)N[C@H]3CCCNC3)c12. The Kier molecular flexibility index (Phi) is 4.27. The van der Waals surface area contributed by atoms with E-state index in [9.17, 15) is 4.79 Å². The molecule has 0 saturated carbocycles. The fourth-order valence-electron chi connectivity index (χ4n) is 3.41. The van der Waals surface area contributed by atoms with Crippen molar-refractivity contribution in [1.82, 2.24) is 25.4 Å². The van der Waals surface area contributed by atoms with Crippen LogP contribution in [-0.4, -0.2) is 39.8 Å². The maximum atomic E-state index is 13.0. The first-order chi connectivity index (χ1) is 12.1. The van der Waals surface area contributed by atoms with Crippen molar-refractivity contribution in [3.8, 4) is 10.6 Å². The van der Waals surface area contributed by atoms with E-state index >= 15 is 0 Å². The standard InChI is InChI=1S/C18H21N5OS/c1-11-16-13(18(24)20-12-5-3-7-19-10-12)9-14(15-6-4-8-25-15)21-17(16)23(2)22-11/h4,6,8-9,12,19H,3,5,7,10H2,1-2H3,(H,20,24)/t12-/m0/s1. The Morgan fingerprint density at radius 3 is 3.08 bits per heavy atom. The molecule has 0 unspecified atom stereocenters. The Morgan fingerprint density at radius 1 is 1.48 bits per heavy atom. The van der Waals surface area contributed by atoms with Crippen LogP contribution in [0, 0.1) is 6.92 Å². The number of nitrogens with one attached hydrogen (secondary N) is 2. The topological polar surface area (TPSA) is 71.8 Å². The van der Waals surface area contributed by atoms with Gasteiger partial charge in [0, 0.05) is 19.6 Å². The highest BCUT2D eigenvalue weighted by Crippen LogP contribution is 2.29. The van der Waals surface area contributed by atoms with Gasteiger partial charge in [-0.3, -0.25) is 9.48 Å². The summed E-state index contributed by atoms with van der Waals surface area (Å²) >= 11 is 1.62. The van der Waals surface area contributed by atoms with E-state index in [0.29, 0.717) is 5.56 Å². The van der Waals surface area contributed by atoms with Crippen LogP contribution in [0.1, 0.15) is 28.9 Å². The van der Waals surface area contributed by atoms with Crippen molar-refractivity contribution in [3.05, 3.63) is 34.8 Å². The predicted molar refractivity (Wildman–Crippen MR) is 99.9 cm³/mol. The molecule has 1 aliphatic heterocycles. The molecule has 1 fully saturated rings. The van der Waals surface area contributed by atoms with Gasteiger partial charge in [0.25, 0.3) is 5.91 Å². The fourth-order valence-corrected chi connectivity index (χ4v) is 4.10. The lowest BCUT2D eigenvalue weighted by Crippen LogP contribution is -2.45. The van der Waals surface area contributed by atoms with Gasteiger partial charge in [-0.15, -0.1) is 11.3 Å². The number of pyridine rings is 1. The van der Waals surface area contributed by atoms with Crippen LogP contribution in [0.3, 0.4) is 0 Å². The van der Waals surface area contributed by atoms with Gasteiger partial charge in [-0.1, -0.05) is 6.07 Å². The largest absolute Gasteiger partial charge is 0.348 e. The van der Waals surface area contributed by atoms with Crippen molar-refractivity contribution in [2.45, 2.75) is 25.8 Å². The third-order valence-corrected chi connectivity index (χ3v) is 5.51. The molecule has 25 heavy (non-hydrogen) atoms. The van der Waals surface area contributed by atoms with Gasteiger partial charge < -0.3 is 10.6 Å². The van der Waals surface area contributed by atoms with Gasteiger partial charge in [-0.25, -0.2) is 4.98 Å². The van der Waals surface area contributed by atoms with Crippen LogP contribution in [0.4, 0.5) is 0 Å². The molecular formula is C18H21N5OS. The van der Waals surface area contributed by atoms with Crippen molar-refractivity contribution in [2.24, 2.45) is 7.05 Å². The summed E-state index contributed by atoms with van der Waals surface area (Å²) in [6, 6.07) is 6.09. The van der Waals surface area contributed by atoms with E-state index in [4.69, 9.17) is 4.98 Å². The van der Waals surface area contributed by atoms with Crippen LogP contribution in [-0.2, 0) is 7.05 Å². The number of rotatable bonds is 3. The number of carbonyl (C=O) groups is 1. The number of aromatic nitrogens is 3. The van der Waals surface area contributed by atoms with Gasteiger partial charge in [0.05, 0.1) is 27.2 Å².